The minimum Gasteiger partial charge on any atom is -0.481 e. The fraction of sp³-hybridized carbons (Fsp3) is 0.478. The average molecular weight is 392 g/mol. The Morgan fingerprint density at radius 1 is 1.10 bits per heavy atom. The summed E-state index contributed by atoms with van der Waals surface area (Å²) in [6, 6.07) is 13.2. The minimum absolute atomic E-state index is 0.531. The minimum atomic E-state index is 0.531. The van der Waals surface area contributed by atoms with Gasteiger partial charge < -0.3 is 14.6 Å². The number of aromatic nitrogens is 3. The molecular formula is C23H29N5O. The predicted molar refractivity (Wildman–Crippen MR) is 114 cm³/mol. The van der Waals surface area contributed by atoms with Crippen LogP contribution in [0.15, 0.2) is 42.6 Å². The zero-order chi connectivity index (χ0) is 19.6. The Hall–Kier alpha value is -2.44. The molecule has 2 aromatic heterocycles. The number of ether oxygens (including phenoxy) is 1. The molecule has 29 heavy (non-hydrogen) atoms. The van der Waals surface area contributed by atoms with E-state index < -0.39 is 0 Å². The maximum atomic E-state index is 5.17. The number of nitrogens with one attached hydrogen (secondary N) is 1. The predicted octanol–water partition coefficient (Wildman–Crippen LogP) is 3.35. The maximum absolute atomic E-state index is 5.17. The van der Waals surface area contributed by atoms with Crippen molar-refractivity contribution in [3.8, 4) is 5.88 Å². The number of fused-ring (bicyclic) bond motifs is 1. The van der Waals surface area contributed by atoms with Crippen LogP contribution in [0, 0.1) is 0 Å². The van der Waals surface area contributed by atoms with Gasteiger partial charge >= 0.3 is 0 Å². The van der Waals surface area contributed by atoms with Crippen LogP contribution in [0.5, 0.6) is 5.88 Å². The van der Waals surface area contributed by atoms with Crippen LogP contribution in [0.1, 0.15) is 42.6 Å². The number of nitrogens with zero attached hydrogens (tertiary/aromatic N) is 4. The lowest BCUT2D eigenvalue weighted by molar-refractivity contribution is 0.179. The first kappa shape index (κ1) is 18.6. The first-order valence-electron chi connectivity index (χ1n) is 10.7. The normalized spacial score (nSPS) is 21.1. The maximum Gasteiger partial charge on any atom is 0.212 e. The van der Waals surface area contributed by atoms with Crippen molar-refractivity contribution in [2.24, 2.45) is 0 Å². The molecular weight excluding hydrogens is 362 g/mol. The van der Waals surface area contributed by atoms with Gasteiger partial charge in [-0.2, -0.15) is 0 Å². The Morgan fingerprint density at radius 2 is 1.97 bits per heavy atom. The molecule has 2 aliphatic heterocycles. The van der Waals surface area contributed by atoms with Crippen LogP contribution < -0.4 is 10.1 Å². The van der Waals surface area contributed by atoms with Gasteiger partial charge in [0.05, 0.1) is 18.1 Å². The summed E-state index contributed by atoms with van der Waals surface area (Å²) < 4.78 is 7.73. The Kier molecular flexibility index (Phi) is 5.21. The van der Waals surface area contributed by atoms with Crippen molar-refractivity contribution in [3.63, 3.8) is 0 Å². The number of benzene rings is 1. The van der Waals surface area contributed by atoms with Crippen molar-refractivity contribution < 1.29 is 4.74 Å². The highest BCUT2D eigenvalue weighted by Crippen LogP contribution is 2.33. The molecule has 0 aliphatic carbocycles. The van der Waals surface area contributed by atoms with Gasteiger partial charge in [0.25, 0.3) is 0 Å². The zero-order valence-electron chi connectivity index (χ0n) is 17.1. The number of imidazole rings is 1. The zero-order valence-corrected chi connectivity index (χ0v) is 17.1. The average Bonchev–Trinajstić information content (AvgIpc) is 3.43. The summed E-state index contributed by atoms with van der Waals surface area (Å²) in [5.74, 6) is 2.49. The van der Waals surface area contributed by atoms with E-state index >= 15 is 0 Å². The molecule has 6 nitrogen and oxygen atoms in total. The highest BCUT2D eigenvalue weighted by molar-refractivity contribution is 5.76. The highest BCUT2D eigenvalue weighted by Gasteiger charge is 2.29. The lowest BCUT2D eigenvalue weighted by Gasteiger charge is -2.34. The third kappa shape index (κ3) is 3.74. The molecule has 6 heteroatoms. The molecule has 3 aromatic rings. The van der Waals surface area contributed by atoms with E-state index in [1.807, 2.05) is 12.3 Å². The quantitative estimate of drug-likeness (QED) is 0.723. The van der Waals surface area contributed by atoms with E-state index in [9.17, 15) is 0 Å². The number of hydrogen-bond donors (Lipinski definition) is 1. The molecule has 0 bridgehead atoms. The Bertz CT molecular complexity index is 953. The summed E-state index contributed by atoms with van der Waals surface area (Å²) in [6.07, 6.45) is 5.44. The second-order valence-corrected chi connectivity index (χ2v) is 8.23. The molecule has 0 saturated carbocycles. The summed E-state index contributed by atoms with van der Waals surface area (Å²) >= 11 is 0. The molecule has 0 amide bonds. The van der Waals surface area contributed by atoms with Gasteiger partial charge in [0, 0.05) is 50.4 Å². The summed E-state index contributed by atoms with van der Waals surface area (Å²) in [5, 5.41) is 3.51. The van der Waals surface area contributed by atoms with Gasteiger partial charge in [-0.15, -0.1) is 0 Å². The monoisotopic (exact) mass is 391 g/mol. The van der Waals surface area contributed by atoms with Crippen LogP contribution in [-0.4, -0.2) is 52.7 Å². The van der Waals surface area contributed by atoms with Crippen molar-refractivity contribution in [1.29, 1.82) is 0 Å². The van der Waals surface area contributed by atoms with Gasteiger partial charge in [0.15, 0.2) is 0 Å². The van der Waals surface area contributed by atoms with E-state index in [-0.39, 0.29) is 0 Å². The molecule has 1 N–H and O–H groups in total. The lowest BCUT2D eigenvalue weighted by atomic mass is 10.0. The number of hydrogen-bond acceptors (Lipinski definition) is 5. The first-order valence-corrected chi connectivity index (χ1v) is 10.7. The standard InChI is InChI=1S/C23H29N5O/c1-29-22-7-6-17(14-25-22)16-27-12-9-19(10-13-27)28-21-5-3-2-4-20(21)26-23(28)18-8-11-24-15-18/h2-7,14,18-19,24H,8-13,15-16H2,1H3. The molecule has 2 saturated heterocycles. The third-order valence-corrected chi connectivity index (χ3v) is 6.38. The topological polar surface area (TPSA) is 55.2 Å². The number of para-hydroxylation sites is 2. The van der Waals surface area contributed by atoms with E-state index in [4.69, 9.17) is 9.72 Å². The van der Waals surface area contributed by atoms with Gasteiger partial charge in [0.2, 0.25) is 5.88 Å². The molecule has 2 aliphatic rings. The molecule has 1 aromatic carbocycles. The number of pyridine rings is 1. The SMILES string of the molecule is COc1ccc(CN2CCC(n3c(C4CCNC4)nc4ccccc43)CC2)cn1. The van der Waals surface area contributed by atoms with Gasteiger partial charge in [0.1, 0.15) is 5.82 Å². The lowest BCUT2D eigenvalue weighted by Crippen LogP contribution is -2.35. The molecule has 152 valence electrons. The van der Waals surface area contributed by atoms with Gasteiger partial charge in [-0.05, 0) is 43.5 Å². The Morgan fingerprint density at radius 3 is 2.69 bits per heavy atom. The van der Waals surface area contributed by atoms with E-state index in [2.05, 4.69) is 50.1 Å². The van der Waals surface area contributed by atoms with Crippen LogP contribution in [0.2, 0.25) is 0 Å². The fourth-order valence-corrected chi connectivity index (χ4v) is 4.83. The highest BCUT2D eigenvalue weighted by atomic mass is 16.5. The molecule has 1 atom stereocenters. The first-order chi connectivity index (χ1) is 14.3. The molecule has 1 unspecified atom stereocenters. The number of piperidine rings is 1. The van der Waals surface area contributed by atoms with E-state index in [1.54, 1.807) is 7.11 Å². The van der Waals surface area contributed by atoms with Crippen molar-refractivity contribution >= 4 is 11.0 Å². The van der Waals surface area contributed by atoms with Crippen molar-refractivity contribution in [2.45, 2.75) is 37.8 Å². The second kappa shape index (κ2) is 8.13. The van der Waals surface area contributed by atoms with Gasteiger partial charge in [-0.25, -0.2) is 9.97 Å². The molecule has 0 radical (unpaired) electrons. The third-order valence-electron chi connectivity index (χ3n) is 6.38. The van der Waals surface area contributed by atoms with E-state index in [0.717, 1.165) is 51.1 Å². The van der Waals surface area contributed by atoms with Crippen LogP contribution in [0.4, 0.5) is 0 Å². The second-order valence-electron chi connectivity index (χ2n) is 8.23. The smallest absolute Gasteiger partial charge is 0.212 e. The Balaban J connectivity index is 1.32. The van der Waals surface area contributed by atoms with Gasteiger partial charge in [-0.3, -0.25) is 4.90 Å². The molecule has 4 heterocycles. The van der Waals surface area contributed by atoms with E-state index in [0.29, 0.717) is 17.8 Å². The number of rotatable bonds is 5. The van der Waals surface area contributed by atoms with Crippen molar-refractivity contribution in [3.05, 3.63) is 54.0 Å². The van der Waals surface area contributed by atoms with Crippen LogP contribution in [-0.2, 0) is 6.54 Å². The fourth-order valence-electron chi connectivity index (χ4n) is 4.83. The largest absolute Gasteiger partial charge is 0.481 e. The Labute approximate surface area is 171 Å². The van der Waals surface area contributed by atoms with Crippen LogP contribution >= 0.6 is 0 Å². The van der Waals surface area contributed by atoms with Crippen LogP contribution in [0.3, 0.4) is 0 Å². The number of methoxy groups -OCH3 is 1. The van der Waals surface area contributed by atoms with Gasteiger partial charge in [-0.1, -0.05) is 18.2 Å². The summed E-state index contributed by atoms with van der Waals surface area (Å²) in [5.41, 5.74) is 3.68. The molecule has 0 spiro atoms. The van der Waals surface area contributed by atoms with Crippen molar-refractivity contribution in [2.75, 3.05) is 33.3 Å². The van der Waals surface area contributed by atoms with Crippen molar-refractivity contribution in [1.82, 2.24) is 24.8 Å². The van der Waals surface area contributed by atoms with E-state index in [1.165, 1.54) is 23.3 Å². The number of likely N-dealkylation sites (tertiary alicyclic amines) is 1. The molecule has 5 rings (SSSR count). The summed E-state index contributed by atoms with van der Waals surface area (Å²) in [4.78, 5) is 11.9. The van der Waals surface area contributed by atoms with Crippen LogP contribution in [0.25, 0.3) is 11.0 Å². The summed E-state index contributed by atoms with van der Waals surface area (Å²) in [6.45, 7) is 5.31. The molecule has 2 fully saturated rings. The summed E-state index contributed by atoms with van der Waals surface area (Å²) in [7, 11) is 1.66.